The van der Waals surface area contributed by atoms with Crippen molar-refractivity contribution in [1.29, 1.82) is 0 Å². The predicted octanol–water partition coefficient (Wildman–Crippen LogP) is 4.41. The van der Waals surface area contributed by atoms with E-state index in [0.717, 1.165) is 0 Å². The Morgan fingerprint density at radius 3 is 1.61 bits per heavy atom. The third kappa shape index (κ3) is 4.56. The van der Waals surface area contributed by atoms with E-state index in [1.54, 1.807) is 0 Å². The Bertz CT molecular complexity index is 694. The van der Waals surface area contributed by atoms with Crippen molar-refractivity contribution in [1.82, 2.24) is 0 Å². The minimum atomic E-state index is -6.47. The van der Waals surface area contributed by atoms with Crippen LogP contribution in [0.2, 0.25) is 0 Å². The van der Waals surface area contributed by atoms with Crippen molar-refractivity contribution in [2.75, 3.05) is 6.61 Å². The van der Waals surface area contributed by atoms with Gasteiger partial charge in [-0.15, -0.1) is 0 Å². The van der Waals surface area contributed by atoms with Gasteiger partial charge in [-0.2, -0.15) is 39.5 Å². The van der Waals surface area contributed by atoms with Gasteiger partial charge in [0.1, 0.15) is 5.60 Å². The molecule has 1 unspecified atom stereocenters. The van der Waals surface area contributed by atoms with Crippen molar-refractivity contribution in [3.8, 4) is 0 Å². The van der Waals surface area contributed by atoms with E-state index in [-0.39, 0.29) is 20.3 Å². The van der Waals surface area contributed by atoms with Crippen molar-refractivity contribution in [3.05, 3.63) is 0 Å². The lowest BCUT2D eigenvalue weighted by Crippen LogP contribution is -2.67. The van der Waals surface area contributed by atoms with Crippen LogP contribution >= 0.6 is 0 Å². The standard InChI is InChI=1S/C16H19F9O6/c1-6-10(2,3)9(27)28-7-8(26)29-16(15(23,24)25)30-11(4,5)12(31-16,13(17,18)19)14(20,21)22/h6-7H2,1-5H3. The normalized spacial score (nSPS) is 24.1. The van der Waals surface area contributed by atoms with Crippen molar-refractivity contribution < 1.29 is 68.1 Å². The molecular formula is C16H19F9O6. The van der Waals surface area contributed by atoms with Gasteiger partial charge in [0.2, 0.25) is 0 Å². The third-order valence-electron chi connectivity index (χ3n) is 4.68. The zero-order chi connectivity index (χ0) is 24.9. The number of halogens is 9. The Morgan fingerprint density at radius 2 is 1.29 bits per heavy atom. The first-order valence-corrected chi connectivity index (χ1v) is 8.49. The molecule has 1 aliphatic rings. The summed E-state index contributed by atoms with van der Waals surface area (Å²) in [6, 6.07) is 0. The largest absolute Gasteiger partial charge is 0.486 e. The summed E-state index contributed by atoms with van der Waals surface area (Å²) < 4.78 is 137. The van der Waals surface area contributed by atoms with E-state index in [2.05, 4.69) is 18.9 Å². The van der Waals surface area contributed by atoms with Gasteiger partial charge in [-0.25, -0.2) is 4.79 Å². The smallest absolute Gasteiger partial charge is 0.453 e. The summed E-state index contributed by atoms with van der Waals surface area (Å²) in [5.74, 6) is -8.32. The first kappa shape index (κ1) is 27.3. The van der Waals surface area contributed by atoms with Crippen LogP contribution in [0, 0.1) is 5.41 Å². The number of hydrogen-bond donors (Lipinski definition) is 0. The zero-order valence-corrected chi connectivity index (χ0v) is 16.8. The summed E-state index contributed by atoms with van der Waals surface area (Å²) in [5.41, 5.74) is -10.4. The second-order valence-corrected chi connectivity index (χ2v) is 7.73. The molecule has 1 atom stereocenters. The van der Waals surface area contributed by atoms with E-state index in [1.807, 2.05) is 0 Å². The molecule has 0 bridgehead atoms. The van der Waals surface area contributed by atoms with Crippen molar-refractivity contribution in [3.63, 3.8) is 0 Å². The van der Waals surface area contributed by atoms with Crippen LogP contribution in [0.5, 0.6) is 0 Å². The fourth-order valence-corrected chi connectivity index (χ4v) is 2.57. The lowest BCUT2D eigenvalue weighted by atomic mass is 9.84. The third-order valence-corrected chi connectivity index (χ3v) is 4.68. The van der Waals surface area contributed by atoms with E-state index in [9.17, 15) is 49.1 Å². The van der Waals surface area contributed by atoms with E-state index >= 15 is 0 Å². The first-order valence-electron chi connectivity index (χ1n) is 8.49. The fourth-order valence-electron chi connectivity index (χ4n) is 2.57. The molecule has 15 heteroatoms. The lowest BCUT2D eigenvalue weighted by Gasteiger charge is -2.39. The maximum absolute atomic E-state index is 13.5. The van der Waals surface area contributed by atoms with Gasteiger partial charge < -0.3 is 14.2 Å². The average molecular weight is 478 g/mol. The molecule has 31 heavy (non-hydrogen) atoms. The number of ether oxygens (including phenoxy) is 4. The van der Waals surface area contributed by atoms with Crippen LogP contribution in [-0.2, 0) is 28.5 Å². The summed E-state index contributed by atoms with van der Waals surface area (Å²) >= 11 is 0. The molecule has 0 aromatic carbocycles. The highest BCUT2D eigenvalue weighted by molar-refractivity contribution is 5.79. The molecule has 0 aliphatic carbocycles. The van der Waals surface area contributed by atoms with E-state index in [4.69, 9.17) is 0 Å². The van der Waals surface area contributed by atoms with Crippen molar-refractivity contribution >= 4 is 11.9 Å². The second kappa shape index (κ2) is 7.67. The number of esters is 2. The maximum atomic E-state index is 13.5. The molecule has 1 fully saturated rings. The summed E-state index contributed by atoms with van der Waals surface area (Å²) in [6.07, 6.45) is -19.0. The predicted molar refractivity (Wildman–Crippen MR) is 81.0 cm³/mol. The van der Waals surface area contributed by atoms with Crippen LogP contribution in [-0.4, -0.2) is 54.2 Å². The molecule has 1 heterocycles. The van der Waals surface area contributed by atoms with Gasteiger partial charge >= 0.3 is 36.4 Å². The molecule has 6 nitrogen and oxygen atoms in total. The van der Waals surface area contributed by atoms with Crippen LogP contribution < -0.4 is 0 Å². The van der Waals surface area contributed by atoms with Crippen molar-refractivity contribution in [2.45, 2.75) is 76.7 Å². The quantitative estimate of drug-likeness (QED) is 0.431. The molecule has 1 rings (SSSR count). The Hall–Kier alpha value is -1.77. The molecule has 1 saturated heterocycles. The molecule has 0 aromatic rings. The van der Waals surface area contributed by atoms with Crippen LogP contribution in [0.1, 0.15) is 41.0 Å². The molecule has 0 aromatic heterocycles. The SMILES string of the molecule is CCC(C)(C)C(=O)OCC(=O)OC1(C(F)(F)F)OC(C)(C)C(C(F)(F)F)(C(F)(F)F)O1. The van der Waals surface area contributed by atoms with Gasteiger partial charge in [0, 0.05) is 0 Å². The second-order valence-electron chi connectivity index (χ2n) is 7.73. The molecule has 182 valence electrons. The monoisotopic (exact) mass is 478 g/mol. The molecule has 0 N–H and O–H groups in total. The van der Waals surface area contributed by atoms with Crippen LogP contribution in [0.15, 0.2) is 0 Å². The molecule has 0 amide bonds. The lowest BCUT2D eigenvalue weighted by molar-refractivity contribution is -0.473. The molecular weight excluding hydrogens is 459 g/mol. The minimum absolute atomic E-state index is 0.0408. The number of carbonyl (C=O) groups excluding carboxylic acids is 2. The molecule has 0 saturated carbocycles. The highest BCUT2D eigenvalue weighted by Crippen LogP contribution is 2.62. The number of rotatable bonds is 5. The highest BCUT2D eigenvalue weighted by Gasteiger charge is 2.90. The minimum Gasteiger partial charge on any atom is -0.453 e. The van der Waals surface area contributed by atoms with Gasteiger partial charge in [-0.1, -0.05) is 6.92 Å². The Kier molecular flexibility index (Phi) is 6.75. The number of hydrogen-bond acceptors (Lipinski definition) is 6. The Balaban J connectivity index is 3.34. The Labute approximate surface area is 169 Å². The van der Waals surface area contributed by atoms with Crippen LogP contribution in [0.3, 0.4) is 0 Å². The summed E-state index contributed by atoms with van der Waals surface area (Å²) in [5, 5.41) is 0. The van der Waals surface area contributed by atoms with E-state index in [1.165, 1.54) is 20.8 Å². The van der Waals surface area contributed by atoms with Gasteiger partial charge in [0.15, 0.2) is 6.61 Å². The van der Waals surface area contributed by atoms with E-state index < -0.39 is 59.7 Å². The summed E-state index contributed by atoms with van der Waals surface area (Å²) in [6.45, 7) is 2.76. The number of alkyl halides is 9. The van der Waals surface area contributed by atoms with Gasteiger partial charge in [-0.3, -0.25) is 9.53 Å². The summed E-state index contributed by atoms with van der Waals surface area (Å²) in [7, 11) is 0. The van der Waals surface area contributed by atoms with Crippen molar-refractivity contribution in [2.24, 2.45) is 5.41 Å². The van der Waals surface area contributed by atoms with Gasteiger partial charge in [0.25, 0.3) is 5.60 Å². The average Bonchev–Trinajstić information content (AvgIpc) is 2.80. The molecule has 0 spiro atoms. The van der Waals surface area contributed by atoms with Crippen LogP contribution in [0.4, 0.5) is 39.5 Å². The number of carbonyl (C=O) groups is 2. The molecule has 0 radical (unpaired) electrons. The summed E-state index contributed by atoms with van der Waals surface area (Å²) in [4.78, 5) is 23.5. The highest BCUT2D eigenvalue weighted by atomic mass is 19.4. The zero-order valence-electron chi connectivity index (χ0n) is 16.8. The van der Waals surface area contributed by atoms with E-state index in [0.29, 0.717) is 0 Å². The topological polar surface area (TPSA) is 71.1 Å². The first-order chi connectivity index (χ1) is 13.5. The molecule has 1 aliphatic heterocycles. The van der Waals surface area contributed by atoms with Gasteiger partial charge in [-0.05, 0) is 34.1 Å². The van der Waals surface area contributed by atoms with Gasteiger partial charge in [0.05, 0.1) is 5.41 Å². The Morgan fingerprint density at radius 1 is 0.839 bits per heavy atom. The van der Waals surface area contributed by atoms with Crippen LogP contribution in [0.25, 0.3) is 0 Å². The maximum Gasteiger partial charge on any atom is 0.486 e. The fraction of sp³-hybridized carbons (Fsp3) is 0.875.